The topological polar surface area (TPSA) is 46.5 Å². The second kappa shape index (κ2) is 7.48. The third-order valence-corrected chi connectivity index (χ3v) is 4.62. The quantitative estimate of drug-likeness (QED) is 0.807. The highest BCUT2D eigenvalue weighted by Gasteiger charge is 2.33. The zero-order valence-electron chi connectivity index (χ0n) is 12.9. The van der Waals surface area contributed by atoms with E-state index in [1.165, 1.54) is 24.8 Å². The highest BCUT2D eigenvalue weighted by Crippen LogP contribution is 2.43. The number of carbonyl (C=O) groups is 1. The Morgan fingerprint density at radius 3 is 2.43 bits per heavy atom. The van der Waals surface area contributed by atoms with Crippen molar-refractivity contribution in [3.63, 3.8) is 0 Å². The smallest absolute Gasteiger partial charge is 0.303 e. The van der Waals surface area contributed by atoms with Gasteiger partial charge in [0.2, 0.25) is 0 Å². The maximum absolute atomic E-state index is 11.2. The van der Waals surface area contributed by atoms with E-state index in [2.05, 4.69) is 12.1 Å². The number of hydrogen-bond donors (Lipinski definition) is 1. The molecule has 0 saturated heterocycles. The molecule has 1 aromatic rings. The first-order valence-corrected chi connectivity index (χ1v) is 8.07. The zero-order valence-corrected chi connectivity index (χ0v) is 12.9. The van der Waals surface area contributed by atoms with Gasteiger partial charge in [0.1, 0.15) is 5.75 Å². The van der Waals surface area contributed by atoms with Gasteiger partial charge in [-0.2, -0.15) is 0 Å². The van der Waals surface area contributed by atoms with Crippen LogP contribution < -0.4 is 4.74 Å². The highest BCUT2D eigenvalue weighted by atomic mass is 16.5. The van der Waals surface area contributed by atoms with E-state index in [9.17, 15) is 9.90 Å². The van der Waals surface area contributed by atoms with E-state index in [0.717, 1.165) is 31.4 Å². The van der Waals surface area contributed by atoms with Crippen LogP contribution in [0.2, 0.25) is 0 Å². The number of aryl methyl sites for hydroxylation is 1. The molecule has 0 radical (unpaired) electrons. The van der Waals surface area contributed by atoms with Gasteiger partial charge in [-0.3, -0.25) is 4.79 Å². The van der Waals surface area contributed by atoms with Gasteiger partial charge in [-0.25, -0.2) is 0 Å². The van der Waals surface area contributed by atoms with Crippen molar-refractivity contribution >= 4 is 5.97 Å². The van der Waals surface area contributed by atoms with Crippen LogP contribution in [0.4, 0.5) is 0 Å². The van der Waals surface area contributed by atoms with Crippen LogP contribution in [0.1, 0.15) is 57.4 Å². The molecule has 1 saturated carbocycles. The van der Waals surface area contributed by atoms with E-state index in [1.54, 1.807) is 0 Å². The highest BCUT2D eigenvalue weighted by molar-refractivity contribution is 5.67. The van der Waals surface area contributed by atoms with E-state index in [0.29, 0.717) is 13.0 Å². The molecule has 1 fully saturated rings. The Labute approximate surface area is 127 Å². The van der Waals surface area contributed by atoms with Crippen LogP contribution in [0.3, 0.4) is 0 Å². The maximum Gasteiger partial charge on any atom is 0.303 e. The maximum atomic E-state index is 11.2. The third-order valence-electron chi connectivity index (χ3n) is 4.62. The van der Waals surface area contributed by atoms with Crippen molar-refractivity contribution in [1.29, 1.82) is 0 Å². The van der Waals surface area contributed by atoms with Crippen LogP contribution in [0.25, 0.3) is 0 Å². The zero-order chi connectivity index (χ0) is 15.1. The van der Waals surface area contributed by atoms with Gasteiger partial charge >= 0.3 is 5.97 Å². The molecule has 3 nitrogen and oxygen atoms in total. The molecular weight excluding hydrogens is 264 g/mol. The van der Waals surface area contributed by atoms with E-state index in [1.807, 2.05) is 19.1 Å². The van der Waals surface area contributed by atoms with Crippen molar-refractivity contribution in [2.75, 3.05) is 6.61 Å². The van der Waals surface area contributed by atoms with Gasteiger partial charge in [0.05, 0.1) is 13.0 Å². The first-order chi connectivity index (χ1) is 10.1. The van der Waals surface area contributed by atoms with Gasteiger partial charge in [0.25, 0.3) is 0 Å². The Morgan fingerprint density at radius 1 is 1.19 bits per heavy atom. The Balaban J connectivity index is 1.95. The lowest BCUT2D eigenvalue weighted by atomic mass is 9.68. The minimum absolute atomic E-state index is 0.0165. The number of benzene rings is 1. The second-order valence-electron chi connectivity index (χ2n) is 6.21. The van der Waals surface area contributed by atoms with Gasteiger partial charge in [-0.05, 0) is 55.7 Å². The Hall–Kier alpha value is -1.51. The molecule has 1 aliphatic carbocycles. The minimum atomic E-state index is -0.649. The third kappa shape index (κ3) is 4.76. The van der Waals surface area contributed by atoms with Crippen LogP contribution in [-0.4, -0.2) is 17.7 Å². The van der Waals surface area contributed by atoms with E-state index in [4.69, 9.17) is 4.74 Å². The fourth-order valence-electron chi connectivity index (χ4n) is 3.47. The molecule has 0 aliphatic heterocycles. The van der Waals surface area contributed by atoms with Crippen LogP contribution in [0.5, 0.6) is 5.75 Å². The van der Waals surface area contributed by atoms with Crippen LogP contribution in [0.15, 0.2) is 24.3 Å². The van der Waals surface area contributed by atoms with Crippen molar-refractivity contribution in [3.05, 3.63) is 29.8 Å². The molecule has 0 atom stereocenters. The lowest BCUT2D eigenvalue weighted by Gasteiger charge is -2.36. The summed E-state index contributed by atoms with van der Waals surface area (Å²) in [5, 5.41) is 9.21. The number of aliphatic carboxylic acids is 1. The molecule has 21 heavy (non-hydrogen) atoms. The van der Waals surface area contributed by atoms with Crippen molar-refractivity contribution < 1.29 is 14.6 Å². The van der Waals surface area contributed by atoms with Gasteiger partial charge in [-0.15, -0.1) is 0 Å². The van der Waals surface area contributed by atoms with Crippen LogP contribution >= 0.6 is 0 Å². The summed E-state index contributed by atoms with van der Waals surface area (Å²) in [4.78, 5) is 11.2. The summed E-state index contributed by atoms with van der Waals surface area (Å²) in [5.74, 6) is 0.253. The molecule has 2 rings (SSSR count). The summed E-state index contributed by atoms with van der Waals surface area (Å²) in [7, 11) is 0. The number of ether oxygens (including phenoxy) is 1. The van der Waals surface area contributed by atoms with Crippen LogP contribution in [0, 0.1) is 5.41 Å². The fourth-order valence-corrected chi connectivity index (χ4v) is 3.47. The van der Waals surface area contributed by atoms with Crippen molar-refractivity contribution in [3.8, 4) is 5.75 Å². The largest absolute Gasteiger partial charge is 0.494 e. The van der Waals surface area contributed by atoms with E-state index < -0.39 is 5.97 Å². The van der Waals surface area contributed by atoms with Crippen LogP contribution in [-0.2, 0) is 11.2 Å². The predicted octanol–water partition coefficient (Wildman–Crippen LogP) is 4.44. The molecule has 0 spiro atoms. The summed E-state index contributed by atoms with van der Waals surface area (Å²) >= 11 is 0. The monoisotopic (exact) mass is 290 g/mol. The summed E-state index contributed by atoms with van der Waals surface area (Å²) in [6.45, 7) is 2.66. The van der Waals surface area contributed by atoms with E-state index in [-0.39, 0.29) is 5.41 Å². The molecule has 0 heterocycles. The molecule has 1 aromatic carbocycles. The first-order valence-electron chi connectivity index (χ1n) is 8.07. The first kappa shape index (κ1) is 15.9. The standard InChI is InChI=1S/C18H26O3/c1-2-21-16-8-6-15(7-9-16)10-13-18(14-17(19)20)11-4-3-5-12-18/h6-9H,2-5,10-14H2,1H3,(H,19,20). The molecule has 3 heteroatoms. The molecular formula is C18H26O3. The summed E-state index contributed by atoms with van der Waals surface area (Å²) in [6.07, 6.45) is 8.00. The molecule has 0 aromatic heterocycles. The summed E-state index contributed by atoms with van der Waals surface area (Å²) in [6, 6.07) is 8.21. The molecule has 0 unspecified atom stereocenters. The van der Waals surface area contributed by atoms with Gasteiger partial charge < -0.3 is 9.84 Å². The van der Waals surface area contributed by atoms with Crippen molar-refractivity contribution in [2.24, 2.45) is 5.41 Å². The predicted molar refractivity (Wildman–Crippen MR) is 83.7 cm³/mol. The second-order valence-corrected chi connectivity index (χ2v) is 6.21. The number of rotatable bonds is 7. The molecule has 116 valence electrons. The van der Waals surface area contributed by atoms with Gasteiger partial charge in [0.15, 0.2) is 0 Å². The summed E-state index contributed by atoms with van der Waals surface area (Å²) in [5.41, 5.74) is 1.29. The number of carboxylic acid groups (broad SMARTS) is 1. The Morgan fingerprint density at radius 2 is 1.86 bits per heavy atom. The Bertz CT molecular complexity index is 444. The molecule has 1 N–H and O–H groups in total. The fraction of sp³-hybridized carbons (Fsp3) is 0.611. The van der Waals surface area contributed by atoms with Gasteiger partial charge in [0, 0.05) is 0 Å². The molecule has 0 bridgehead atoms. The Kier molecular flexibility index (Phi) is 5.66. The van der Waals surface area contributed by atoms with Crippen molar-refractivity contribution in [1.82, 2.24) is 0 Å². The minimum Gasteiger partial charge on any atom is -0.494 e. The molecule has 1 aliphatic rings. The lowest BCUT2D eigenvalue weighted by molar-refractivity contribution is -0.140. The SMILES string of the molecule is CCOc1ccc(CCC2(CC(=O)O)CCCCC2)cc1. The average Bonchev–Trinajstić information content (AvgIpc) is 2.47. The summed E-state index contributed by atoms with van der Waals surface area (Å²) < 4.78 is 5.45. The van der Waals surface area contributed by atoms with Crippen molar-refractivity contribution in [2.45, 2.75) is 58.3 Å². The van der Waals surface area contributed by atoms with E-state index >= 15 is 0 Å². The molecule has 0 amide bonds. The van der Waals surface area contributed by atoms with Gasteiger partial charge in [-0.1, -0.05) is 31.4 Å². The normalized spacial score (nSPS) is 17.4. The number of carboxylic acids is 1. The number of hydrogen-bond acceptors (Lipinski definition) is 2. The lowest BCUT2D eigenvalue weighted by Crippen LogP contribution is -2.28. The average molecular weight is 290 g/mol.